The molecule has 4 heteroatoms. The zero-order valence-corrected chi connectivity index (χ0v) is 16.2. The molecule has 4 rings (SSSR count). The lowest BCUT2D eigenvalue weighted by Crippen LogP contribution is -2.25. The summed E-state index contributed by atoms with van der Waals surface area (Å²) in [7, 11) is 0. The molecule has 0 aliphatic heterocycles. The summed E-state index contributed by atoms with van der Waals surface area (Å²) < 4.78 is 1.86. The van der Waals surface area contributed by atoms with Crippen LogP contribution in [0.15, 0.2) is 97.3 Å². The summed E-state index contributed by atoms with van der Waals surface area (Å²) in [6.07, 6.45) is 4.49. The standard InChI is InChI=1S/C25H23N3O/c29-25(24-13-9-21(10-14-24)19-28-18-4-16-27-28)26-17-15-20-7-11-23(12-8-20)22-5-2-1-3-6-22/h1-14,16,18H,15,17,19H2,(H,26,29). The van der Waals surface area contributed by atoms with Gasteiger partial charge in [0.25, 0.3) is 5.91 Å². The van der Waals surface area contributed by atoms with Crippen LogP contribution >= 0.6 is 0 Å². The Balaban J connectivity index is 1.27. The maximum atomic E-state index is 12.4. The van der Waals surface area contributed by atoms with Crippen LogP contribution in [-0.4, -0.2) is 22.2 Å². The molecular weight excluding hydrogens is 358 g/mol. The summed E-state index contributed by atoms with van der Waals surface area (Å²) in [5.41, 5.74) is 5.41. The monoisotopic (exact) mass is 381 g/mol. The summed E-state index contributed by atoms with van der Waals surface area (Å²) in [4.78, 5) is 12.4. The normalized spacial score (nSPS) is 10.6. The van der Waals surface area contributed by atoms with Crippen molar-refractivity contribution in [1.29, 1.82) is 0 Å². The summed E-state index contributed by atoms with van der Waals surface area (Å²) in [5.74, 6) is -0.0449. The van der Waals surface area contributed by atoms with E-state index < -0.39 is 0 Å². The molecule has 3 aromatic carbocycles. The number of hydrogen-bond acceptors (Lipinski definition) is 2. The van der Waals surface area contributed by atoms with Crippen LogP contribution in [0.5, 0.6) is 0 Å². The van der Waals surface area contributed by atoms with Crippen LogP contribution in [0, 0.1) is 0 Å². The molecule has 1 aromatic heterocycles. The number of benzene rings is 3. The zero-order chi connectivity index (χ0) is 19.9. The predicted molar refractivity (Wildman–Crippen MR) is 116 cm³/mol. The fourth-order valence-electron chi connectivity index (χ4n) is 3.26. The van der Waals surface area contributed by atoms with Gasteiger partial charge in [0.1, 0.15) is 0 Å². The molecule has 144 valence electrons. The summed E-state index contributed by atoms with van der Waals surface area (Å²) in [6, 6.07) is 28.4. The van der Waals surface area contributed by atoms with Gasteiger partial charge in [0.2, 0.25) is 0 Å². The summed E-state index contributed by atoms with van der Waals surface area (Å²) >= 11 is 0. The Hall–Kier alpha value is -3.66. The highest BCUT2D eigenvalue weighted by atomic mass is 16.1. The van der Waals surface area contributed by atoms with Crippen LogP contribution in [0.3, 0.4) is 0 Å². The maximum Gasteiger partial charge on any atom is 0.251 e. The molecule has 1 amide bonds. The lowest BCUT2D eigenvalue weighted by Gasteiger charge is -2.08. The first-order valence-electron chi connectivity index (χ1n) is 9.77. The van der Waals surface area contributed by atoms with Crippen LogP contribution in [0.25, 0.3) is 11.1 Å². The molecule has 0 radical (unpaired) electrons. The third kappa shape index (κ3) is 4.99. The molecule has 0 bridgehead atoms. The number of hydrogen-bond donors (Lipinski definition) is 1. The van der Waals surface area contributed by atoms with Crippen molar-refractivity contribution >= 4 is 5.91 Å². The van der Waals surface area contributed by atoms with Gasteiger partial charge in [-0.1, -0.05) is 66.7 Å². The van der Waals surface area contributed by atoms with Crippen molar-refractivity contribution < 1.29 is 4.79 Å². The molecule has 0 aliphatic rings. The summed E-state index contributed by atoms with van der Waals surface area (Å²) in [5, 5.41) is 7.20. The minimum atomic E-state index is -0.0449. The lowest BCUT2D eigenvalue weighted by atomic mass is 10.0. The fourth-order valence-corrected chi connectivity index (χ4v) is 3.26. The minimum absolute atomic E-state index is 0.0449. The Morgan fingerprint density at radius 2 is 1.48 bits per heavy atom. The number of carbonyl (C=O) groups is 1. The van der Waals surface area contributed by atoms with Crippen molar-refractivity contribution in [3.8, 4) is 11.1 Å². The second kappa shape index (κ2) is 9.02. The van der Waals surface area contributed by atoms with Crippen molar-refractivity contribution in [2.24, 2.45) is 0 Å². The molecule has 0 unspecified atom stereocenters. The molecule has 0 saturated heterocycles. The van der Waals surface area contributed by atoms with Gasteiger partial charge >= 0.3 is 0 Å². The van der Waals surface area contributed by atoms with Crippen LogP contribution < -0.4 is 5.32 Å². The quantitative estimate of drug-likeness (QED) is 0.510. The van der Waals surface area contributed by atoms with Crippen molar-refractivity contribution in [1.82, 2.24) is 15.1 Å². The summed E-state index contributed by atoms with van der Waals surface area (Å²) in [6.45, 7) is 1.31. The van der Waals surface area contributed by atoms with Gasteiger partial charge in [-0.25, -0.2) is 0 Å². The maximum absolute atomic E-state index is 12.4. The third-order valence-electron chi connectivity index (χ3n) is 4.88. The average molecular weight is 381 g/mol. The number of nitrogens with one attached hydrogen (secondary N) is 1. The van der Waals surface area contributed by atoms with Gasteiger partial charge in [-0.15, -0.1) is 0 Å². The Morgan fingerprint density at radius 1 is 0.793 bits per heavy atom. The Kier molecular flexibility index (Phi) is 5.81. The SMILES string of the molecule is O=C(NCCc1ccc(-c2ccccc2)cc1)c1ccc(Cn2cccn2)cc1. The van der Waals surface area contributed by atoms with Gasteiger partial charge in [-0.05, 0) is 46.9 Å². The highest BCUT2D eigenvalue weighted by molar-refractivity contribution is 5.94. The molecule has 4 aromatic rings. The van der Waals surface area contributed by atoms with Crippen molar-refractivity contribution in [2.45, 2.75) is 13.0 Å². The van der Waals surface area contributed by atoms with E-state index in [-0.39, 0.29) is 5.91 Å². The van der Waals surface area contributed by atoms with Crippen LogP contribution in [0.4, 0.5) is 0 Å². The first-order chi connectivity index (χ1) is 14.3. The van der Waals surface area contributed by atoms with E-state index in [1.807, 2.05) is 59.4 Å². The van der Waals surface area contributed by atoms with E-state index in [9.17, 15) is 4.79 Å². The highest BCUT2D eigenvalue weighted by Crippen LogP contribution is 2.19. The molecule has 0 fully saturated rings. The second-order valence-corrected chi connectivity index (χ2v) is 6.97. The van der Waals surface area contributed by atoms with Gasteiger partial charge in [0, 0.05) is 24.5 Å². The topological polar surface area (TPSA) is 46.9 Å². The van der Waals surface area contributed by atoms with Gasteiger partial charge in [-0.2, -0.15) is 5.10 Å². The first-order valence-corrected chi connectivity index (χ1v) is 9.77. The molecule has 1 heterocycles. The van der Waals surface area contributed by atoms with E-state index in [0.29, 0.717) is 18.7 Å². The zero-order valence-electron chi connectivity index (χ0n) is 16.2. The van der Waals surface area contributed by atoms with Gasteiger partial charge < -0.3 is 5.32 Å². The van der Waals surface area contributed by atoms with E-state index in [0.717, 1.165) is 12.0 Å². The molecule has 0 atom stereocenters. The smallest absolute Gasteiger partial charge is 0.251 e. The number of amides is 1. The number of rotatable bonds is 7. The predicted octanol–water partition coefficient (Wildman–Crippen LogP) is 4.57. The fraction of sp³-hybridized carbons (Fsp3) is 0.120. The van der Waals surface area contributed by atoms with Gasteiger partial charge in [-0.3, -0.25) is 9.48 Å². The molecule has 0 spiro atoms. The first kappa shape index (κ1) is 18.7. The van der Waals surface area contributed by atoms with Crippen LogP contribution in [0.2, 0.25) is 0 Å². The number of nitrogens with zero attached hydrogens (tertiary/aromatic N) is 2. The van der Waals surface area contributed by atoms with E-state index in [1.54, 1.807) is 6.20 Å². The lowest BCUT2D eigenvalue weighted by molar-refractivity contribution is 0.0954. The molecular formula is C25H23N3O. The highest BCUT2D eigenvalue weighted by Gasteiger charge is 2.05. The number of aromatic nitrogens is 2. The van der Waals surface area contributed by atoms with E-state index >= 15 is 0 Å². The molecule has 0 aliphatic carbocycles. The Labute approximate surface area is 170 Å². The molecule has 29 heavy (non-hydrogen) atoms. The molecule has 1 N–H and O–H groups in total. The second-order valence-electron chi connectivity index (χ2n) is 6.97. The van der Waals surface area contributed by atoms with Crippen molar-refractivity contribution in [2.75, 3.05) is 6.54 Å². The molecule has 0 saturated carbocycles. The van der Waals surface area contributed by atoms with Crippen molar-refractivity contribution in [3.05, 3.63) is 114 Å². The minimum Gasteiger partial charge on any atom is -0.352 e. The Bertz CT molecular complexity index is 1040. The van der Waals surface area contributed by atoms with Gasteiger partial charge in [0.15, 0.2) is 0 Å². The van der Waals surface area contributed by atoms with Gasteiger partial charge in [0.05, 0.1) is 6.54 Å². The largest absolute Gasteiger partial charge is 0.352 e. The Morgan fingerprint density at radius 3 is 2.17 bits per heavy atom. The molecule has 4 nitrogen and oxygen atoms in total. The van der Waals surface area contributed by atoms with Crippen LogP contribution in [-0.2, 0) is 13.0 Å². The van der Waals surface area contributed by atoms with Crippen LogP contribution in [0.1, 0.15) is 21.5 Å². The number of carbonyl (C=O) groups excluding carboxylic acids is 1. The van der Waals surface area contributed by atoms with E-state index in [4.69, 9.17) is 0 Å². The third-order valence-corrected chi connectivity index (χ3v) is 4.88. The average Bonchev–Trinajstić information content (AvgIpc) is 3.28. The van der Waals surface area contributed by atoms with E-state index in [1.165, 1.54) is 16.7 Å². The van der Waals surface area contributed by atoms with Crippen molar-refractivity contribution in [3.63, 3.8) is 0 Å². The van der Waals surface area contributed by atoms with E-state index in [2.05, 4.69) is 46.8 Å².